The normalized spacial score (nSPS) is 15.5. The zero-order valence-electron chi connectivity index (χ0n) is 12.7. The van der Waals surface area contributed by atoms with Crippen molar-refractivity contribution < 1.29 is 5.11 Å². The first-order chi connectivity index (χ1) is 8.20. The van der Waals surface area contributed by atoms with Crippen molar-refractivity contribution in [3.8, 4) is 0 Å². The zero-order chi connectivity index (χ0) is 13.9. The van der Waals surface area contributed by atoms with Gasteiger partial charge in [0.05, 0.1) is 6.10 Å². The van der Waals surface area contributed by atoms with Crippen molar-refractivity contribution in [1.82, 2.24) is 0 Å². The minimum Gasteiger partial charge on any atom is -0.393 e. The van der Waals surface area contributed by atoms with Crippen LogP contribution in [0.5, 0.6) is 0 Å². The van der Waals surface area contributed by atoms with Crippen molar-refractivity contribution in [2.45, 2.75) is 60.5 Å². The predicted octanol–water partition coefficient (Wildman–Crippen LogP) is 4.28. The van der Waals surface area contributed by atoms with E-state index >= 15 is 0 Å². The van der Waals surface area contributed by atoms with Crippen LogP contribution < -0.4 is 0 Å². The molecule has 0 aliphatic carbocycles. The van der Waals surface area contributed by atoms with Crippen LogP contribution in [-0.4, -0.2) is 11.2 Å². The first-order valence-corrected chi connectivity index (χ1v) is 6.94. The summed E-state index contributed by atoms with van der Waals surface area (Å²) in [5, 5.41) is 10.2. The Bertz CT molecular complexity index is 387. The van der Waals surface area contributed by atoms with E-state index in [-0.39, 0.29) is 11.5 Å². The average Bonchev–Trinajstić information content (AvgIpc) is 2.22. The Hall–Kier alpha value is -0.820. The van der Waals surface area contributed by atoms with Crippen LogP contribution in [0, 0.1) is 25.2 Å². The molecule has 0 spiro atoms. The van der Waals surface area contributed by atoms with Crippen LogP contribution in [0.15, 0.2) is 18.2 Å². The molecule has 0 heterocycles. The smallest absolute Gasteiger partial charge is 0.0583 e. The molecule has 0 saturated heterocycles. The lowest BCUT2D eigenvalue weighted by Gasteiger charge is -2.29. The van der Waals surface area contributed by atoms with Crippen LogP contribution in [0.4, 0.5) is 0 Å². The number of benzene rings is 1. The van der Waals surface area contributed by atoms with E-state index in [1.54, 1.807) is 0 Å². The van der Waals surface area contributed by atoms with Crippen LogP contribution in [-0.2, 0) is 6.42 Å². The van der Waals surface area contributed by atoms with Gasteiger partial charge in [-0.25, -0.2) is 0 Å². The molecule has 0 saturated carbocycles. The van der Waals surface area contributed by atoms with Crippen molar-refractivity contribution >= 4 is 0 Å². The Labute approximate surface area is 112 Å². The lowest BCUT2D eigenvalue weighted by atomic mass is 9.78. The minimum atomic E-state index is -0.235. The van der Waals surface area contributed by atoms with E-state index < -0.39 is 0 Å². The summed E-state index contributed by atoms with van der Waals surface area (Å²) >= 11 is 0. The molecule has 1 aromatic carbocycles. The van der Waals surface area contributed by atoms with Crippen molar-refractivity contribution in [1.29, 1.82) is 0 Å². The minimum absolute atomic E-state index is 0.235. The molecule has 2 unspecified atom stereocenters. The van der Waals surface area contributed by atoms with Crippen molar-refractivity contribution in [2.75, 3.05) is 0 Å². The van der Waals surface area contributed by atoms with Gasteiger partial charge in [-0.05, 0) is 54.7 Å². The second-order valence-corrected chi connectivity index (χ2v) is 6.78. The van der Waals surface area contributed by atoms with Gasteiger partial charge in [0.1, 0.15) is 0 Å². The SMILES string of the molecule is Cc1ccc(CC(O)CC(C)C(C)(C)C)cc1C. The summed E-state index contributed by atoms with van der Waals surface area (Å²) in [6.07, 6.45) is 1.40. The summed E-state index contributed by atoms with van der Waals surface area (Å²) in [6.45, 7) is 13.2. The van der Waals surface area contributed by atoms with Crippen LogP contribution in [0.25, 0.3) is 0 Å². The maximum absolute atomic E-state index is 10.2. The van der Waals surface area contributed by atoms with E-state index in [2.05, 4.69) is 59.7 Å². The van der Waals surface area contributed by atoms with Crippen LogP contribution in [0.3, 0.4) is 0 Å². The van der Waals surface area contributed by atoms with E-state index in [0.29, 0.717) is 5.92 Å². The first-order valence-electron chi connectivity index (χ1n) is 6.94. The highest BCUT2D eigenvalue weighted by molar-refractivity contribution is 5.30. The van der Waals surface area contributed by atoms with Gasteiger partial charge < -0.3 is 5.11 Å². The zero-order valence-corrected chi connectivity index (χ0v) is 12.7. The Morgan fingerprint density at radius 1 is 1.11 bits per heavy atom. The molecule has 1 nitrogen and oxygen atoms in total. The monoisotopic (exact) mass is 248 g/mol. The molecule has 0 aliphatic heterocycles. The Morgan fingerprint density at radius 2 is 1.72 bits per heavy atom. The lowest BCUT2D eigenvalue weighted by Crippen LogP contribution is -2.24. The van der Waals surface area contributed by atoms with Gasteiger partial charge in [-0.2, -0.15) is 0 Å². The molecular weight excluding hydrogens is 220 g/mol. The van der Waals surface area contributed by atoms with Crippen molar-refractivity contribution in [3.63, 3.8) is 0 Å². The highest BCUT2D eigenvalue weighted by Crippen LogP contribution is 2.29. The van der Waals surface area contributed by atoms with E-state index in [4.69, 9.17) is 0 Å². The molecule has 0 fully saturated rings. The lowest BCUT2D eigenvalue weighted by molar-refractivity contribution is 0.110. The number of aliphatic hydroxyl groups excluding tert-OH is 1. The summed E-state index contributed by atoms with van der Waals surface area (Å²) in [4.78, 5) is 0. The van der Waals surface area contributed by atoms with Gasteiger partial charge in [0, 0.05) is 0 Å². The molecule has 0 aromatic heterocycles. The van der Waals surface area contributed by atoms with Crippen molar-refractivity contribution in [3.05, 3.63) is 34.9 Å². The standard InChI is InChI=1S/C17H28O/c1-12-7-8-15(9-13(12)2)11-16(18)10-14(3)17(4,5)6/h7-9,14,16,18H,10-11H2,1-6H3. The van der Waals surface area contributed by atoms with Gasteiger partial charge in [0.2, 0.25) is 0 Å². The highest BCUT2D eigenvalue weighted by Gasteiger charge is 2.22. The number of rotatable bonds is 4. The molecule has 1 aromatic rings. The summed E-state index contributed by atoms with van der Waals surface area (Å²) in [5.41, 5.74) is 4.14. The third kappa shape index (κ3) is 4.45. The number of hydrogen-bond donors (Lipinski definition) is 1. The Balaban J connectivity index is 2.59. The molecule has 0 aliphatic rings. The van der Waals surface area contributed by atoms with E-state index in [9.17, 15) is 5.11 Å². The summed E-state index contributed by atoms with van der Waals surface area (Å²) in [6, 6.07) is 6.47. The first kappa shape index (κ1) is 15.2. The second kappa shape index (κ2) is 5.88. The number of aryl methyl sites for hydroxylation is 2. The Morgan fingerprint density at radius 3 is 2.22 bits per heavy atom. The number of hydrogen-bond acceptors (Lipinski definition) is 1. The second-order valence-electron chi connectivity index (χ2n) is 6.78. The van der Waals surface area contributed by atoms with E-state index in [0.717, 1.165) is 12.8 Å². The van der Waals surface area contributed by atoms with Crippen LogP contribution in [0.1, 0.15) is 50.8 Å². The molecule has 1 N–H and O–H groups in total. The van der Waals surface area contributed by atoms with Crippen LogP contribution in [0.2, 0.25) is 0 Å². The molecule has 18 heavy (non-hydrogen) atoms. The molecular formula is C17H28O. The molecule has 1 rings (SSSR count). The van der Waals surface area contributed by atoms with E-state index in [1.165, 1.54) is 16.7 Å². The fourth-order valence-electron chi connectivity index (χ4n) is 2.05. The van der Waals surface area contributed by atoms with Gasteiger partial charge in [-0.15, -0.1) is 0 Å². The summed E-state index contributed by atoms with van der Waals surface area (Å²) < 4.78 is 0. The maximum atomic E-state index is 10.2. The van der Waals surface area contributed by atoms with Gasteiger partial charge in [-0.3, -0.25) is 0 Å². The average molecular weight is 248 g/mol. The predicted molar refractivity (Wildman–Crippen MR) is 78.9 cm³/mol. The van der Waals surface area contributed by atoms with Gasteiger partial charge in [0.15, 0.2) is 0 Å². The van der Waals surface area contributed by atoms with Gasteiger partial charge in [0.25, 0.3) is 0 Å². The van der Waals surface area contributed by atoms with E-state index in [1.807, 2.05) is 0 Å². The van der Waals surface area contributed by atoms with Gasteiger partial charge >= 0.3 is 0 Å². The quantitative estimate of drug-likeness (QED) is 0.843. The third-order valence-electron chi connectivity index (χ3n) is 4.15. The fourth-order valence-corrected chi connectivity index (χ4v) is 2.05. The maximum Gasteiger partial charge on any atom is 0.0583 e. The third-order valence-corrected chi connectivity index (χ3v) is 4.15. The molecule has 0 amide bonds. The Kier molecular flexibility index (Phi) is 4.98. The molecule has 102 valence electrons. The van der Waals surface area contributed by atoms with Crippen LogP contribution >= 0.6 is 0 Å². The van der Waals surface area contributed by atoms with Crippen molar-refractivity contribution in [2.24, 2.45) is 11.3 Å². The fraction of sp³-hybridized carbons (Fsp3) is 0.647. The summed E-state index contributed by atoms with van der Waals surface area (Å²) in [7, 11) is 0. The molecule has 2 atom stereocenters. The largest absolute Gasteiger partial charge is 0.393 e. The highest BCUT2D eigenvalue weighted by atomic mass is 16.3. The number of aliphatic hydroxyl groups is 1. The van der Waals surface area contributed by atoms with Gasteiger partial charge in [-0.1, -0.05) is 45.9 Å². The summed E-state index contributed by atoms with van der Waals surface area (Å²) in [5.74, 6) is 0.527. The molecule has 0 radical (unpaired) electrons. The molecule has 1 heteroatoms. The molecule has 0 bridgehead atoms. The topological polar surface area (TPSA) is 20.2 Å².